The molecule has 0 bridgehead atoms. The second kappa shape index (κ2) is 6.54. The lowest BCUT2D eigenvalue weighted by Gasteiger charge is -2.03. The van der Waals surface area contributed by atoms with Crippen LogP contribution in [-0.4, -0.2) is 15.9 Å². The number of anilines is 1. The second-order valence-corrected chi connectivity index (χ2v) is 5.14. The molecule has 0 saturated carbocycles. The van der Waals surface area contributed by atoms with Gasteiger partial charge in [-0.3, -0.25) is 9.78 Å². The van der Waals surface area contributed by atoms with E-state index in [9.17, 15) is 9.18 Å². The highest BCUT2D eigenvalue weighted by atomic mass is 35.5. The molecule has 1 amide bonds. The summed E-state index contributed by atoms with van der Waals surface area (Å²) in [6.45, 7) is 0. The Hall–Kier alpha value is -2.79. The molecule has 0 fully saturated rings. The van der Waals surface area contributed by atoms with Gasteiger partial charge < -0.3 is 5.32 Å². The standard InChI is InChI=1S/C17H11ClFN3O/c18-13-7-5-11(9-14(13)19)22-17(23)8-6-12-10-20-15-3-1-2-4-16(15)21-12/h1-10H,(H,22,23). The molecule has 2 aromatic carbocycles. The first-order valence-corrected chi connectivity index (χ1v) is 7.15. The molecule has 0 unspecified atom stereocenters. The molecule has 0 atom stereocenters. The Bertz CT molecular complexity index is 911. The quantitative estimate of drug-likeness (QED) is 0.738. The van der Waals surface area contributed by atoms with Gasteiger partial charge in [-0.05, 0) is 36.4 Å². The Labute approximate surface area is 136 Å². The highest BCUT2D eigenvalue weighted by Crippen LogP contribution is 2.18. The van der Waals surface area contributed by atoms with Gasteiger partial charge in [-0.1, -0.05) is 23.7 Å². The van der Waals surface area contributed by atoms with Crippen LogP contribution in [0, 0.1) is 5.82 Å². The summed E-state index contributed by atoms with van der Waals surface area (Å²) in [4.78, 5) is 20.5. The number of nitrogens with zero attached hydrogens (tertiary/aromatic N) is 2. The van der Waals surface area contributed by atoms with Gasteiger partial charge in [0, 0.05) is 11.8 Å². The van der Waals surface area contributed by atoms with Crippen molar-refractivity contribution in [1.82, 2.24) is 9.97 Å². The summed E-state index contributed by atoms with van der Waals surface area (Å²) < 4.78 is 13.3. The van der Waals surface area contributed by atoms with E-state index in [4.69, 9.17) is 11.6 Å². The summed E-state index contributed by atoms with van der Waals surface area (Å²) in [6, 6.07) is 11.5. The largest absolute Gasteiger partial charge is 0.322 e. The first-order chi connectivity index (χ1) is 11.1. The summed E-state index contributed by atoms with van der Waals surface area (Å²) in [6.07, 6.45) is 4.43. The summed E-state index contributed by atoms with van der Waals surface area (Å²) in [5.41, 5.74) is 2.41. The van der Waals surface area contributed by atoms with E-state index in [0.29, 0.717) is 11.4 Å². The van der Waals surface area contributed by atoms with E-state index in [1.807, 2.05) is 24.3 Å². The van der Waals surface area contributed by atoms with Gasteiger partial charge >= 0.3 is 0 Å². The smallest absolute Gasteiger partial charge is 0.248 e. The molecule has 1 N–H and O–H groups in total. The van der Waals surface area contributed by atoms with Gasteiger partial charge in [0.15, 0.2) is 0 Å². The number of fused-ring (bicyclic) bond motifs is 1. The fraction of sp³-hybridized carbons (Fsp3) is 0. The minimum Gasteiger partial charge on any atom is -0.322 e. The van der Waals surface area contributed by atoms with Crippen molar-refractivity contribution in [2.24, 2.45) is 0 Å². The molecule has 0 aliphatic rings. The number of hydrogen-bond donors (Lipinski definition) is 1. The fourth-order valence-electron chi connectivity index (χ4n) is 1.97. The predicted molar refractivity (Wildman–Crippen MR) is 88.6 cm³/mol. The zero-order valence-electron chi connectivity index (χ0n) is 11.8. The lowest BCUT2D eigenvalue weighted by molar-refractivity contribution is -0.111. The molecule has 0 radical (unpaired) electrons. The number of carbonyl (C=O) groups is 1. The predicted octanol–water partition coefficient (Wildman–Crippen LogP) is 4.07. The molecule has 6 heteroatoms. The van der Waals surface area contributed by atoms with Crippen LogP contribution in [0.1, 0.15) is 5.69 Å². The van der Waals surface area contributed by atoms with Crippen molar-refractivity contribution in [2.75, 3.05) is 5.32 Å². The zero-order chi connectivity index (χ0) is 16.2. The van der Waals surface area contributed by atoms with Crippen LogP contribution in [0.3, 0.4) is 0 Å². The van der Waals surface area contributed by atoms with Gasteiger partial charge in [0.2, 0.25) is 5.91 Å². The van der Waals surface area contributed by atoms with Crippen LogP contribution in [-0.2, 0) is 4.79 Å². The average molecular weight is 328 g/mol. The number of halogens is 2. The molecule has 0 saturated heterocycles. The first-order valence-electron chi connectivity index (χ1n) is 6.78. The van der Waals surface area contributed by atoms with Crippen molar-refractivity contribution in [1.29, 1.82) is 0 Å². The number of nitrogens with one attached hydrogen (secondary N) is 1. The summed E-state index contributed by atoms with van der Waals surface area (Å²) in [5.74, 6) is -0.990. The third-order valence-electron chi connectivity index (χ3n) is 3.06. The number of amides is 1. The normalized spacial score (nSPS) is 11.0. The van der Waals surface area contributed by atoms with Gasteiger partial charge in [0.05, 0.1) is 27.9 Å². The third-order valence-corrected chi connectivity index (χ3v) is 3.37. The summed E-state index contributed by atoms with van der Waals surface area (Å²) >= 11 is 5.59. The molecule has 0 aliphatic carbocycles. The highest BCUT2D eigenvalue weighted by molar-refractivity contribution is 6.30. The molecule has 1 aromatic heterocycles. The van der Waals surface area contributed by atoms with Gasteiger partial charge in [-0.15, -0.1) is 0 Å². The van der Waals surface area contributed by atoms with E-state index in [1.165, 1.54) is 18.2 Å². The van der Waals surface area contributed by atoms with E-state index < -0.39 is 11.7 Å². The molecule has 3 rings (SSSR count). The molecular formula is C17H11ClFN3O. The van der Waals surface area contributed by atoms with E-state index in [1.54, 1.807) is 12.3 Å². The van der Waals surface area contributed by atoms with Crippen LogP contribution in [0.5, 0.6) is 0 Å². The maximum atomic E-state index is 13.3. The molecule has 0 aliphatic heterocycles. The number of carbonyl (C=O) groups excluding carboxylic acids is 1. The van der Waals surface area contributed by atoms with Crippen molar-refractivity contribution in [3.05, 3.63) is 71.3 Å². The monoisotopic (exact) mass is 327 g/mol. The maximum absolute atomic E-state index is 13.3. The molecule has 0 spiro atoms. The van der Waals surface area contributed by atoms with Crippen molar-refractivity contribution in [3.63, 3.8) is 0 Å². The van der Waals surface area contributed by atoms with Crippen molar-refractivity contribution in [2.45, 2.75) is 0 Å². The van der Waals surface area contributed by atoms with Gasteiger partial charge in [-0.25, -0.2) is 9.37 Å². The number of para-hydroxylation sites is 2. The van der Waals surface area contributed by atoms with Crippen molar-refractivity contribution in [3.8, 4) is 0 Å². The van der Waals surface area contributed by atoms with E-state index >= 15 is 0 Å². The molecule has 1 heterocycles. The zero-order valence-corrected chi connectivity index (χ0v) is 12.6. The molecular weight excluding hydrogens is 317 g/mol. The van der Waals surface area contributed by atoms with Gasteiger partial charge in [-0.2, -0.15) is 0 Å². The lowest BCUT2D eigenvalue weighted by Crippen LogP contribution is -2.08. The van der Waals surface area contributed by atoms with Crippen LogP contribution in [0.15, 0.2) is 54.7 Å². The lowest BCUT2D eigenvalue weighted by atomic mass is 10.3. The number of rotatable bonds is 3. The summed E-state index contributed by atoms with van der Waals surface area (Å²) in [5, 5.41) is 2.55. The Kier molecular flexibility index (Phi) is 4.30. The van der Waals surface area contributed by atoms with Crippen molar-refractivity contribution >= 4 is 40.3 Å². The Morgan fingerprint density at radius 2 is 1.96 bits per heavy atom. The van der Waals surface area contributed by atoms with E-state index in [0.717, 1.165) is 17.1 Å². The number of benzene rings is 2. The summed E-state index contributed by atoms with van der Waals surface area (Å²) in [7, 11) is 0. The molecule has 4 nitrogen and oxygen atoms in total. The van der Waals surface area contributed by atoms with Crippen molar-refractivity contribution < 1.29 is 9.18 Å². The van der Waals surface area contributed by atoms with E-state index in [2.05, 4.69) is 15.3 Å². The highest BCUT2D eigenvalue weighted by Gasteiger charge is 2.03. The average Bonchev–Trinajstić information content (AvgIpc) is 2.56. The Morgan fingerprint density at radius 1 is 1.17 bits per heavy atom. The fourth-order valence-corrected chi connectivity index (χ4v) is 2.09. The van der Waals surface area contributed by atoms with Crippen LogP contribution in [0.4, 0.5) is 10.1 Å². The van der Waals surface area contributed by atoms with Gasteiger partial charge in [0.25, 0.3) is 0 Å². The number of aromatic nitrogens is 2. The van der Waals surface area contributed by atoms with Crippen LogP contribution >= 0.6 is 11.6 Å². The SMILES string of the molecule is O=C(C=Cc1cnc2ccccc2n1)Nc1ccc(Cl)c(F)c1. The Morgan fingerprint density at radius 3 is 2.74 bits per heavy atom. The minimum absolute atomic E-state index is 0.00461. The topological polar surface area (TPSA) is 54.9 Å². The van der Waals surface area contributed by atoms with Crippen LogP contribution < -0.4 is 5.32 Å². The molecule has 23 heavy (non-hydrogen) atoms. The van der Waals surface area contributed by atoms with Crippen LogP contribution in [0.2, 0.25) is 5.02 Å². The number of hydrogen-bond acceptors (Lipinski definition) is 3. The Balaban J connectivity index is 1.72. The minimum atomic E-state index is -0.589. The van der Waals surface area contributed by atoms with Gasteiger partial charge in [0.1, 0.15) is 5.82 Å². The second-order valence-electron chi connectivity index (χ2n) is 4.74. The third kappa shape index (κ3) is 3.70. The maximum Gasteiger partial charge on any atom is 0.248 e. The molecule has 3 aromatic rings. The van der Waals surface area contributed by atoms with Crippen LogP contribution in [0.25, 0.3) is 17.1 Å². The molecule has 114 valence electrons. The van der Waals surface area contributed by atoms with E-state index in [-0.39, 0.29) is 5.02 Å². The first kappa shape index (κ1) is 15.1.